The summed E-state index contributed by atoms with van der Waals surface area (Å²) < 4.78 is 5.83. The van der Waals surface area contributed by atoms with E-state index in [1.54, 1.807) is 11.3 Å². The Morgan fingerprint density at radius 1 is 0.903 bits per heavy atom. The van der Waals surface area contributed by atoms with Gasteiger partial charge in [-0.2, -0.15) is 0 Å². The minimum atomic E-state index is 0.760. The summed E-state index contributed by atoms with van der Waals surface area (Å²) in [5.41, 5.74) is 3.12. The molecule has 3 aromatic carbocycles. The Labute approximate surface area is 188 Å². The van der Waals surface area contributed by atoms with Crippen molar-refractivity contribution in [2.24, 2.45) is 4.99 Å². The van der Waals surface area contributed by atoms with Gasteiger partial charge >= 0.3 is 0 Å². The third-order valence-corrected chi connectivity index (χ3v) is 6.01. The quantitative estimate of drug-likeness (QED) is 0.189. The van der Waals surface area contributed by atoms with Crippen molar-refractivity contribution < 1.29 is 4.74 Å². The van der Waals surface area contributed by atoms with E-state index in [0.717, 1.165) is 40.7 Å². The van der Waals surface area contributed by atoms with Crippen LogP contribution in [0.4, 0.5) is 5.13 Å². The number of hydrogen-bond donors (Lipinski definition) is 0. The van der Waals surface area contributed by atoms with Crippen molar-refractivity contribution in [2.75, 3.05) is 6.61 Å². The highest BCUT2D eigenvalue weighted by Gasteiger charge is 2.05. The van der Waals surface area contributed by atoms with E-state index in [-0.39, 0.29) is 0 Å². The Hall–Kier alpha value is -2.98. The molecule has 0 aliphatic rings. The van der Waals surface area contributed by atoms with Crippen LogP contribution in [0.5, 0.6) is 5.75 Å². The fraction of sp³-hybridized carbons (Fsp3) is 0.259. The minimum absolute atomic E-state index is 0.760. The molecule has 1 aromatic heterocycles. The molecule has 158 valence electrons. The van der Waals surface area contributed by atoms with Crippen LogP contribution in [0, 0.1) is 0 Å². The van der Waals surface area contributed by atoms with Gasteiger partial charge in [0.15, 0.2) is 0 Å². The molecule has 0 N–H and O–H groups in total. The van der Waals surface area contributed by atoms with Gasteiger partial charge in [-0.15, -0.1) is 11.3 Å². The van der Waals surface area contributed by atoms with Crippen molar-refractivity contribution in [1.82, 2.24) is 4.98 Å². The Morgan fingerprint density at radius 2 is 1.71 bits per heavy atom. The standard InChI is InChI=1S/C27H28N2OS/c1-2-3-4-5-8-17-30-25-15-11-21(12-16-25)19-28-27-29-26(20-31-27)24-14-13-22-9-6-7-10-23(22)18-24/h6-7,9-16,18-20H,2-5,8,17H2,1H3/b28-19+. The van der Waals surface area contributed by atoms with Crippen LogP contribution in [-0.2, 0) is 0 Å². The zero-order chi connectivity index (χ0) is 21.3. The van der Waals surface area contributed by atoms with Gasteiger partial charge in [-0.1, -0.05) is 69.0 Å². The summed E-state index contributed by atoms with van der Waals surface area (Å²) in [6, 6.07) is 22.9. The lowest BCUT2D eigenvalue weighted by atomic mass is 10.1. The van der Waals surface area contributed by atoms with Gasteiger partial charge in [-0.05, 0) is 53.1 Å². The van der Waals surface area contributed by atoms with E-state index in [9.17, 15) is 0 Å². The van der Waals surface area contributed by atoms with Crippen molar-refractivity contribution >= 4 is 33.5 Å². The van der Waals surface area contributed by atoms with Gasteiger partial charge in [0.1, 0.15) is 5.75 Å². The first-order valence-corrected chi connectivity index (χ1v) is 11.9. The average molecular weight is 429 g/mol. The molecular formula is C27H28N2OS. The molecule has 0 aliphatic carbocycles. The summed E-state index contributed by atoms with van der Waals surface area (Å²) in [7, 11) is 0. The molecule has 0 saturated heterocycles. The molecule has 0 spiro atoms. The van der Waals surface area contributed by atoms with Crippen LogP contribution in [0.25, 0.3) is 22.0 Å². The molecule has 3 nitrogen and oxygen atoms in total. The third kappa shape index (κ3) is 6.02. The fourth-order valence-corrected chi connectivity index (χ4v) is 4.15. The molecule has 0 unspecified atom stereocenters. The number of benzene rings is 3. The van der Waals surface area contributed by atoms with Crippen LogP contribution in [0.1, 0.15) is 44.6 Å². The second-order valence-corrected chi connectivity index (χ2v) is 8.50. The predicted molar refractivity (Wildman–Crippen MR) is 133 cm³/mol. The van der Waals surface area contributed by atoms with E-state index in [4.69, 9.17) is 4.74 Å². The molecule has 4 aromatic rings. The van der Waals surface area contributed by atoms with Crippen LogP contribution >= 0.6 is 11.3 Å². The minimum Gasteiger partial charge on any atom is -0.494 e. The number of aromatic nitrogens is 1. The molecule has 0 saturated carbocycles. The molecule has 31 heavy (non-hydrogen) atoms. The first-order valence-electron chi connectivity index (χ1n) is 11.0. The van der Waals surface area contributed by atoms with E-state index in [2.05, 4.69) is 64.7 Å². The summed E-state index contributed by atoms with van der Waals surface area (Å²) in [6.07, 6.45) is 8.11. The van der Waals surface area contributed by atoms with Crippen LogP contribution in [-0.4, -0.2) is 17.8 Å². The highest BCUT2D eigenvalue weighted by Crippen LogP contribution is 2.29. The molecule has 0 amide bonds. The van der Waals surface area contributed by atoms with Gasteiger partial charge in [-0.25, -0.2) is 9.98 Å². The summed E-state index contributed by atoms with van der Waals surface area (Å²) >= 11 is 1.56. The third-order valence-electron chi connectivity index (χ3n) is 5.26. The zero-order valence-electron chi connectivity index (χ0n) is 18.0. The monoisotopic (exact) mass is 428 g/mol. The van der Waals surface area contributed by atoms with E-state index in [1.165, 1.54) is 36.5 Å². The van der Waals surface area contributed by atoms with E-state index in [0.29, 0.717) is 0 Å². The predicted octanol–water partition coefficient (Wildman–Crippen LogP) is 8.06. The van der Waals surface area contributed by atoms with Crippen molar-refractivity contribution in [3.63, 3.8) is 0 Å². The first-order chi connectivity index (χ1) is 15.3. The van der Waals surface area contributed by atoms with Crippen LogP contribution in [0.15, 0.2) is 77.1 Å². The zero-order valence-corrected chi connectivity index (χ0v) is 18.8. The largest absolute Gasteiger partial charge is 0.494 e. The molecule has 4 rings (SSSR count). The van der Waals surface area contributed by atoms with Crippen molar-refractivity contribution in [2.45, 2.75) is 39.0 Å². The molecule has 1 heterocycles. The van der Waals surface area contributed by atoms with Crippen LogP contribution < -0.4 is 4.74 Å². The number of aliphatic imine (C=N–C) groups is 1. The van der Waals surface area contributed by atoms with Gasteiger partial charge in [0.05, 0.1) is 12.3 Å². The lowest BCUT2D eigenvalue weighted by Crippen LogP contribution is -1.97. The van der Waals surface area contributed by atoms with Gasteiger partial charge < -0.3 is 4.74 Å². The van der Waals surface area contributed by atoms with Crippen LogP contribution in [0.2, 0.25) is 0 Å². The molecule has 0 radical (unpaired) electrons. The highest BCUT2D eigenvalue weighted by molar-refractivity contribution is 7.13. The molecule has 0 fully saturated rings. The van der Waals surface area contributed by atoms with Crippen LogP contribution in [0.3, 0.4) is 0 Å². The average Bonchev–Trinajstić information content (AvgIpc) is 3.29. The number of rotatable bonds is 10. The molecular weight excluding hydrogens is 400 g/mol. The van der Waals surface area contributed by atoms with Crippen molar-refractivity contribution in [3.05, 3.63) is 77.7 Å². The summed E-state index contributed by atoms with van der Waals surface area (Å²) in [4.78, 5) is 9.25. The van der Waals surface area contributed by atoms with Gasteiger partial charge in [0.2, 0.25) is 5.13 Å². The van der Waals surface area contributed by atoms with Gasteiger partial charge in [0.25, 0.3) is 0 Å². The van der Waals surface area contributed by atoms with E-state index >= 15 is 0 Å². The Kier molecular flexibility index (Phi) is 7.46. The first kappa shape index (κ1) is 21.3. The summed E-state index contributed by atoms with van der Waals surface area (Å²) in [6.45, 7) is 3.02. The highest BCUT2D eigenvalue weighted by atomic mass is 32.1. The normalized spacial score (nSPS) is 11.4. The Balaban J connectivity index is 1.33. The number of unbranched alkanes of at least 4 members (excludes halogenated alkanes) is 4. The number of fused-ring (bicyclic) bond motifs is 1. The van der Waals surface area contributed by atoms with Crippen molar-refractivity contribution in [1.29, 1.82) is 0 Å². The molecule has 0 atom stereocenters. The second kappa shape index (κ2) is 10.9. The number of thiazole rings is 1. The Bertz CT molecular complexity index is 1130. The smallest absolute Gasteiger partial charge is 0.209 e. The molecule has 0 bridgehead atoms. The maximum atomic E-state index is 5.83. The number of hydrogen-bond acceptors (Lipinski definition) is 4. The van der Waals surface area contributed by atoms with Gasteiger partial charge in [0, 0.05) is 17.2 Å². The maximum absolute atomic E-state index is 5.83. The molecule has 4 heteroatoms. The fourth-order valence-electron chi connectivity index (χ4n) is 3.48. The maximum Gasteiger partial charge on any atom is 0.209 e. The second-order valence-electron chi connectivity index (χ2n) is 7.67. The summed E-state index contributed by atoms with van der Waals surface area (Å²) in [5, 5.41) is 5.29. The summed E-state index contributed by atoms with van der Waals surface area (Å²) in [5.74, 6) is 0.917. The van der Waals surface area contributed by atoms with Crippen molar-refractivity contribution in [3.8, 4) is 17.0 Å². The van der Waals surface area contributed by atoms with E-state index in [1.807, 2.05) is 30.5 Å². The molecule has 0 aliphatic heterocycles. The SMILES string of the molecule is CCCCCCCOc1ccc(/C=N/c2nc(-c3ccc4ccccc4c3)cs2)cc1. The number of ether oxygens (including phenoxy) is 1. The Morgan fingerprint density at radius 3 is 2.55 bits per heavy atom. The number of nitrogens with zero attached hydrogens (tertiary/aromatic N) is 2. The van der Waals surface area contributed by atoms with Gasteiger partial charge in [-0.3, -0.25) is 0 Å². The lowest BCUT2D eigenvalue weighted by Gasteiger charge is -2.06. The lowest BCUT2D eigenvalue weighted by molar-refractivity contribution is 0.304. The van der Waals surface area contributed by atoms with E-state index < -0.39 is 0 Å². The topological polar surface area (TPSA) is 34.5 Å².